The zero-order valence-electron chi connectivity index (χ0n) is 22.3. The Morgan fingerprint density at radius 1 is 0.973 bits per heavy atom. The van der Waals surface area contributed by atoms with E-state index in [0.29, 0.717) is 6.61 Å². The van der Waals surface area contributed by atoms with E-state index in [1.54, 1.807) is 6.08 Å². The molecule has 9 heteroatoms. The van der Waals surface area contributed by atoms with Gasteiger partial charge in [-0.05, 0) is 35.2 Å². The Balaban J connectivity index is 1.63. The molecular formula is C28H40N2O5SSi. The Morgan fingerprint density at radius 3 is 2.03 bits per heavy atom. The average molecular weight is 545 g/mol. The first kappa shape index (κ1) is 29.3. The van der Waals surface area contributed by atoms with Gasteiger partial charge in [0.15, 0.2) is 0 Å². The SMILES string of the molecule is C/C(=C\CONS(=O)(=O)NC(=O)C1CCCCC1)CO[Si](c1ccccc1)(c1ccccc1)C(C)(C)C. The first-order chi connectivity index (χ1) is 17.6. The standard InChI is InChI=1S/C28H40N2O5SSi/c1-23(20-21-34-30-36(32,33)29-27(31)24-14-8-5-9-15-24)22-35-37(28(2,3)4,25-16-10-6-11-17-25)26-18-12-7-13-19-26/h6-7,10-13,16-20,24,30H,5,8-9,14-15,21-22H2,1-4H3,(H,29,31)/b23-20+. The molecule has 1 aliphatic carbocycles. The molecule has 1 aliphatic rings. The van der Waals surface area contributed by atoms with E-state index in [-0.39, 0.29) is 17.6 Å². The lowest BCUT2D eigenvalue weighted by atomic mass is 9.89. The van der Waals surface area contributed by atoms with Gasteiger partial charge in [0.25, 0.3) is 8.32 Å². The molecule has 37 heavy (non-hydrogen) atoms. The van der Waals surface area contributed by atoms with Crippen LogP contribution in [0.3, 0.4) is 0 Å². The summed E-state index contributed by atoms with van der Waals surface area (Å²) in [6, 6.07) is 20.8. The molecule has 0 spiro atoms. The molecule has 202 valence electrons. The predicted molar refractivity (Wildman–Crippen MR) is 150 cm³/mol. The molecule has 1 amide bonds. The predicted octanol–water partition coefficient (Wildman–Crippen LogP) is 3.97. The van der Waals surface area contributed by atoms with E-state index in [4.69, 9.17) is 9.26 Å². The van der Waals surface area contributed by atoms with Crippen LogP contribution < -0.4 is 20.0 Å². The summed E-state index contributed by atoms with van der Waals surface area (Å²) in [7, 11) is -6.75. The summed E-state index contributed by atoms with van der Waals surface area (Å²) in [5.41, 5.74) is 0.915. The van der Waals surface area contributed by atoms with Crippen molar-refractivity contribution in [2.75, 3.05) is 13.2 Å². The third-order valence-corrected chi connectivity index (χ3v) is 12.6. The van der Waals surface area contributed by atoms with Crippen LogP contribution in [0.15, 0.2) is 72.3 Å². The highest BCUT2D eigenvalue weighted by Gasteiger charge is 2.50. The minimum absolute atomic E-state index is 0.00840. The van der Waals surface area contributed by atoms with Gasteiger partial charge < -0.3 is 4.43 Å². The number of rotatable bonds is 11. The second-order valence-electron chi connectivity index (χ2n) is 10.7. The maximum absolute atomic E-state index is 12.2. The summed E-state index contributed by atoms with van der Waals surface area (Å²) in [6.45, 7) is 8.98. The fourth-order valence-corrected chi connectivity index (χ4v) is 10.2. The highest BCUT2D eigenvalue weighted by Crippen LogP contribution is 2.37. The summed E-state index contributed by atoms with van der Waals surface area (Å²) in [6.07, 6.45) is 6.20. The molecule has 0 atom stereocenters. The maximum atomic E-state index is 12.2. The Morgan fingerprint density at radius 2 is 1.51 bits per heavy atom. The lowest BCUT2D eigenvalue weighted by molar-refractivity contribution is -0.124. The number of hydrogen-bond acceptors (Lipinski definition) is 5. The van der Waals surface area contributed by atoms with Crippen LogP contribution in [0, 0.1) is 5.92 Å². The number of carbonyl (C=O) groups is 1. The molecule has 3 rings (SSSR count). The van der Waals surface area contributed by atoms with Gasteiger partial charge in [-0.25, -0.2) is 4.72 Å². The smallest absolute Gasteiger partial charge is 0.323 e. The Hall–Kier alpha value is -2.30. The summed E-state index contributed by atoms with van der Waals surface area (Å²) in [5.74, 6) is -0.729. The van der Waals surface area contributed by atoms with Gasteiger partial charge >= 0.3 is 10.2 Å². The van der Waals surface area contributed by atoms with E-state index in [1.807, 2.05) is 48.2 Å². The lowest BCUT2D eigenvalue weighted by Crippen LogP contribution is -2.66. The van der Waals surface area contributed by atoms with Gasteiger partial charge in [-0.15, -0.1) is 0 Å². The van der Waals surface area contributed by atoms with Crippen molar-refractivity contribution in [3.63, 3.8) is 0 Å². The maximum Gasteiger partial charge on any atom is 0.323 e. The zero-order chi connectivity index (χ0) is 26.9. The molecule has 2 aromatic carbocycles. The normalized spacial score (nSPS) is 15.9. The fourth-order valence-electron chi connectivity index (χ4n) is 4.94. The lowest BCUT2D eigenvalue weighted by Gasteiger charge is -2.43. The van der Waals surface area contributed by atoms with Crippen molar-refractivity contribution in [1.82, 2.24) is 9.61 Å². The van der Waals surface area contributed by atoms with Crippen molar-refractivity contribution in [3.05, 3.63) is 72.3 Å². The van der Waals surface area contributed by atoms with Gasteiger partial charge in [-0.3, -0.25) is 9.63 Å². The van der Waals surface area contributed by atoms with Crippen LogP contribution in [-0.2, 0) is 24.3 Å². The minimum Gasteiger partial charge on any atom is -0.403 e. The highest BCUT2D eigenvalue weighted by molar-refractivity contribution is 7.87. The van der Waals surface area contributed by atoms with Gasteiger partial charge in [-0.1, -0.05) is 117 Å². The van der Waals surface area contributed by atoms with Crippen LogP contribution in [0.1, 0.15) is 59.8 Å². The van der Waals surface area contributed by atoms with E-state index in [1.165, 1.54) is 10.4 Å². The zero-order valence-corrected chi connectivity index (χ0v) is 24.1. The Labute approximate surface area is 222 Å². The molecule has 0 aromatic heterocycles. The second-order valence-corrected chi connectivity index (χ2v) is 16.4. The topological polar surface area (TPSA) is 93.7 Å². The Kier molecular flexibility index (Phi) is 10.3. The first-order valence-corrected chi connectivity index (χ1v) is 16.3. The van der Waals surface area contributed by atoms with Crippen molar-refractivity contribution >= 4 is 34.8 Å². The highest BCUT2D eigenvalue weighted by atomic mass is 32.2. The quantitative estimate of drug-likeness (QED) is 0.193. The summed E-state index contributed by atoms with van der Waals surface area (Å²) in [5, 5.41) is 2.25. The van der Waals surface area contributed by atoms with Crippen molar-refractivity contribution in [2.45, 2.75) is 64.8 Å². The van der Waals surface area contributed by atoms with Gasteiger partial charge in [0.05, 0.1) is 13.2 Å². The summed E-state index contributed by atoms with van der Waals surface area (Å²) in [4.78, 5) is 19.4. The summed E-state index contributed by atoms with van der Waals surface area (Å²) >= 11 is 0. The number of benzene rings is 2. The van der Waals surface area contributed by atoms with Crippen LogP contribution in [0.25, 0.3) is 0 Å². The van der Waals surface area contributed by atoms with E-state index in [0.717, 1.165) is 37.7 Å². The van der Waals surface area contributed by atoms with Crippen LogP contribution in [0.5, 0.6) is 0 Å². The molecule has 2 N–H and O–H groups in total. The molecule has 2 aromatic rings. The van der Waals surface area contributed by atoms with Crippen molar-refractivity contribution < 1.29 is 22.5 Å². The van der Waals surface area contributed by atoms with Crippen LogP contribution in [-0.4, -0.2) is 35.9 Å². The van der Waals surface area contributed by atoms with E-state index in [2.05, 4.69) is 49.8 Å². The van der Waals surface area contributed by atoms with Crippen molar-refractivity contribution in [3.8, 4) is 0 Å². The first-order valence-electron chi connectivity index (χ1n) is 12.9. The van der Waals surface area contributed by atoms with Gasteiger partial charge in [0.1, 0.15) is 0 Å². The molecule has 1 fully saturated rings. The monoisotopic (exact) mass is 544 g/mol. The molecule has 0 heterocycles. The number of amides is 1. The van der Waals surface area contributed by atoms with E-state index >= 15 is 0 Å². The molecule has 0 unspecified atom stereocenters. The molecule has 1 saturated carbocycles. The van der Waals surface area contributed by atoms with Crippen molar-refractivity contribution in [1.29, 1.82) is 0 Å². The van der Waals surface area contributed by atoms with Crippen molar-refractivity contribution in [2.24, 2.45) is 5.92 Å². The van der Waals surface area contributed by atoms with Gasteiger partial charge in [-0.2, -0.15) is 8.42 Å². The van der Waals surface area contributed by atoms with Gasteiger partial charge in [0.2, 0.25) is 5.91 Å². The molecule has 0 aliphatic heterocycles. The molecule has 0 bridgehead atoms. The number of nitrogens with one attached hydrogen (secondary N) is 2. The van der Waals surface area contributed by atoms with E-state index in [9.17, 15) is 13.2 Å². The molecule has 0 radical (unpaired) electrons. The van der Waals surface area contributed by atoms with Crippen LogP contribution in [0.4, 0.5) is 0 Å². The van der Waals surface area contributed by atoms with Gasteiger partial charge in [0, 0.05) is 5.92 Å². The largest absolute Gasteiger partial charge is 0.403 e. The fraction of sp³-hybridized carbons (Fsp3) is 0.464. The van der Waals surface area contributed by atoms with Crippen LogP contribution >= 0.6 is 0 Å². The minimum atomic E-state index is -4.08. The molecule has 0 saturated heterocycles. The molecule has 7 nitrogen and oxygen atoms in total. The second kappa shape index (κ2) is 13.0. The third kappa shape index (κ3) is 7.84. The van der Waals surface area contributed by atoms with Crippen LogP contribution in [0.2, 0.25) is 5.04 Å². The number of carbonyl (C=O) groups excluding carboxylic acids is 1. The van der Waals surface area contributed by atoms with E-state index < -0.39 is 24.4 Å². The average Bonchev–Trinajstić information content (AvgIpc) is 2.88. The number of hydrogen-bond donors (Lipinski definition) is 2. The Bertz CT molecular complexity index is 1100. The summed E-state index contributed by atoms with van der Waals surface area (Å²) < 4.78 is 33.3. The third-order valence-electron chi connectivity index (χ3n) is 6.83. The molecular weight excluding hydrogens is 504 g/mol.